The maximum atomic E-state index is 12.8. The largest absolute Gasteiger partial charge is 0.493 e. The molecule has 0 spiro atoms. The first-order valence-corrected chi connectivity index (χ1v) is 11.4. The van der Waals surface area contributed by atoms with Crippen LogP contribution >= 0.6 is 11.6 Å². The molecule has 1 aliphatic rings. The molecule has 0 fully saturated rings. The van der Waals surface area contributed by atoms with Gasteiger partial charge in [0.2, 0.25) is 25.8 Å². The van der Waals surface area contributed by atoms with Gasteiger partial charge in [-0.15, -0.1) is 0 Å². The minimum atomic E-state index is -4.21. The van der Waals surface area contributed by atoms with E-state index < -0.39 is 31.1 Å². The molecule has 0 aliphatic carbocycles. The van der Waals surface area contributed by atoms with Crippen molar-refractivity contribution in [3.8, 4) is 17.2 Å². The summed E-state index contributed by atoms with van der Waals surface area (Å²) in [6.07, 6.45) is -0.919. The summed E-state index contributed by atoms with van der Waals surface area (Å²) < 4.78 is 67.1. The lowest BCUT2D eigenvalue weighted by molar-refractivity contribution is 0.323. The zero-order chi connectivity index (χ0) is 21.6. The quantitative estimate of drug-likeness (QED) is 0.603. The van der Waals surface area contributed by atoms with Crippen molar-refractivity contribution in [3.63, 3.8) is 0 Å². The van der Waals surface area contributed by atoms with Crippen molar-refractivity contribution >= 4 is 37.3 Å². The molecule has 1 atom stereocenters. The molecular weight excluding hydrogens is 446 g/mol. The normalized spacial score (nSPS) is 17.8. The van der Waals surface area contributed by atoms with Gasteiger partial charge in [0.15, 0.2) is 11.5 Å². The van der Waals surface area contributed by atoms with Crippen LogP contribution in [0.25, 0.3) is 0 Å². The average molecular weight is 464 g/mol. The SMILES string of the molecule is COc1cc([C@H]2Nc3cc(Cl)c(S(N)(=O)=O)cc3S(=O)(=O)N2)cc(OC)c1OC. The van der Waals surface area contributed by atoms with Crippen molar-refractivity contribution in [1.82, 2.24) is 4.72 Å². The monoisotopic (exact) mass is 463 g/mol. The first-order valence-electron chi connectivity index (χ1n) is 7.97. The predicted octanol–water partition coefficient (Wildman–Crippen LogP) is 1.42. The number of hydrogen-bond donors (Lipinski definition) is 3. The number of fused-ring (bicyclic) bond motifs is 1. The van der Waals surface area contributed by atoms with Crippen LogP contribution in [-0.4, -0.2) is 38.2 Å². The summed E-state index contributed by atoms with van der Waals surface area (Å²) in [6.45, 7) is 0. The third-order valence-corrected chi connectivity index (χ3v) is 7.06. The summed E-state index contributed by atoms with van der Waals surface area (Å²) in [5, 5.41) is 7.86. The molecular formula is C16H18ClN3O7S2. The van der Waals surface area contributed by atoms with E-state index >= 15 is 0 Å². The lowest BCUT2D eigenvalue weighted by Gasteiger charge is -2.29. The number of rotatable bonds is 5. The number of ether oxygens (including phenoxy) is 3. The molecule has 29 heavy (non-hydrogen) atoms. The second-order valence-electron chi connectivity index (χ2n) is 5.98. The third kappa shape index (κ3) is 3.94. The maximum Gasteiger partial charge on any atom is 0.244 e. The molecule has 13 heteroatoms. The Kier molecular flexibility index (Phi) is 5.58. The molecule has 0 radical (unpaired) electrons. The standard InChI is InChI=1S/C16H18ClN3O7S2/c1-25-11-4-8(5-12(26-2)15(11)27-3)16-19-10-6-9(17)13(28(18,21)22)7-14(10)29(23,24)20-16/h4-7,16,19-20H,1-3H3,(H2,18,21,22)/t16-/m0/s1. The van der Waals surface area contributed by atoms with Gasteiger partial charge in [-0.2, -0.15) is 4.72 Å². The Morgan fingerprint density at radius 2 is 1.62 bits per heavy atom. The van der Waals surface area contributed by atoms with Crippen LogP contribution in [0.15, 0.2) is 34.1 Å². The second-order valence-corrected chi connectivity index (χ2v) is 9.60. The fourth-order valence-electron chi connectivity index (χ4n) is 2.91. The van der Waals surface area contributed by atoms with E-state index in [1.165, 1.54) is 27.4 Å². The van der Waals surface area contributed by atoms with Gasteiger partial charge in [-0.25, -0.2) is 22.0 Å². The Bertz CT molecular complexity index is 1160. The molecule has 0 saturated carbocycles. The van der Waals surface area contributed by atoms with Crippen molar-refractivity contribution in [2.75, 3.05) is 26.6 Å². The van der Waals surface area contributed by atoms with Crippen molar-refractivity contribution in [2.24, 2.45) is 5.14 Å². The van der Waals surface area contributed by atoms with Crippen LogP contribution in [0.4, 0.5) is 5.69 Å². The molecule has 0 amide bonds. The minimum absolute atomic E-state index is 0.111. The molecule has 0 bridgehead atoms. The minimum Gasteiger partial charge on any atom is -0.493 e. The van der Waals surface area contributed by atoms with Crippen LogP contribution < -0.4 is 29.4 Å². The van der Waals surface area contributed by atoms with Crippen molar-refractivity contribution in [3.05, 3.63) is 34.9 Å². The number of primary sulfonamides is 1. The third-order valence-electron chi connectivity index (χ3n) is 4.22. The van der Waals surface area contributed by atoms with Crippen LogP contribution in [0.2, 0.25) is 5.02 Å². The summed E-state index contributed by atoms with van der Waals surface area (Å²) in [5.74, 6) is 1.01. The zero-order valence-electron chi connectivity index (χ0n) is 15.5. The van der Waals surface area contributed by atoms with Gasteiger partial charge in [0, 0.05) is 0 Å². The number of nitrogens with one attached hydrogen (secondary N) is 2. The molecule has 0 unspecified atom stereocenters. The van der Waals surface area contributed by atoms with Crippen molar-refractivity contribution < 1.29 is 31.0 Å². The van der Waals surface area contributed by atoms with Gasteiger partial charge in [0.25, 0.3) is 0 Å². The van der Waals surface area contributed by atoms with Gasteiger partial charge in [-0.1, -0.05) is 11.6 Å². The summed E-state index contributed by atoms with van der Waals surface area (Å²) in [6, 6.07) is 5.26. The highest BCUT2D eigenvalue weighted by Crippen LogP contribution is 2.42. The molecule has 10 nitrogen and oxygen atoms in total. The highest BCUT2D eigenvalue weighted by molar-refractivity contribution is 7.90. The lowest BCUT2D eigenvalue weighted by atomic mass is 10.1. The van der Waals surface area contributed by atoms with Crippen molar-refractivity contribution in [1.29, 1.82) is 0 Å². The van der Waals surface area contributed by atoms with E-state index in [-0.39, 0.29) is 15.6 Å². The highest BCUT2D eigenvalue weighted by Gasteiger charge is 2.33. The number of methoxy groups -OCH3 is 3. The Balaban J connectivity index is 2.13. The molecule has 0 aromatic heterocycles. The van der Waals surface area contributed by atoms with Gasteiger partial charge in [0.1, 0.15) is 16.0 Å². The Hall–Kier alpha value is -2.25. The Morgan fingerprint density at radius 3 is 2.10 bits per heavy atom. The highest BCUT2D eigenvalue weighted by atomic mass is 35.5. The smallest absolute Gasteiger partial charge is 0.244 e. The first kappa shape index (κ1) is 21.5. The molecule has 2 aromatic carbocycles. The van der Waals surface area contributed by atoms with Crippen molar-refractivity contribution in [2.45, 2.75) is 16.0 Å². The summed E-state index contributed by atoms with van der Waals surface area (Å²) in [7, 11) is -3.99. The van der Waals surface area contributed by atoms with Gasteiger partial charge >= 0.3 is 0 Å². The van der Waals surface area contributed by atoms with Gasteiger partial charge in [-0.3, -0.25) is 0 Å². The fourth-order valence-corrected chi connectivity index (χ4v) is 5.40. The molecule has 4 N–H and O–H groups in total. The topological polar surface area (TPSA) is 146 Å². The summed E-state index contributed by atoms with van der Waals surface area (Å²) >= 11 is 6.00. The molecule has 158 valence electrons. The van der Waals surface area contributed by atoms with Gasteiger partial charge in [0.05, 0.1) is 32.0 Å². The zero-order valence-corrected chi connectivity index (χ0v) is 17.9. The van der Waals surface area contributed by atoms with Crippen LogP contribution in [0.5, 0.6) is 17.2 Å². The van der Waals surface area contributed by atoms with Crippen LogP contribution in [0, 0.1) is 0 Å². The van der Waals surface area contributed by atoms with Gasteiger partial charge in [-0.05, 0) is 29.8 Å². The number of anilines is 1. The van der Waals surface area contributed by atoms with Crippen LogP contribution in [0.1, 0.15) is 11.7 Å². The lowest BCUT2D eigenvalue weighted by Crippen LogP contribution is -2.38. The van der Waals surface area contributed by atoms with E-state index in [1.54, 1.807) is 12.1 Å². The number of hydrogen-bond acceptors (Lipinski definition) is 8. The Morgan fingerprint density at radius 1 is 1.03 bits per heavy atom. The number of sulfonamides is 2. The predicted molar refractivity (Wildman–Crippen MR) is 106 cm³/mol. The van der Waals surface area contributed by atoms with E-state index in [2.05, 4.69) is 10.0 Å². The van der Waals surface area contributed by atoms with Crippen LogP contribution in [0.3, 0.4) is 0 Å². The second kappa shape index (κ2) is 7.54. The number of nitrogens with two attached hydrogens (primary N) is 1. The molecule has 2 aromatic rings. The van der Waals surface area contributed by atoms with E-state index in [0.717, 1.165) is 6.07 Å². The average Bonchev–Trinajstić information content (AvgIpc) is 2.64. The molecule has 1 aliphatic heterocycles. The van der Waals surface area contributed by atoms with E-state index in [0.29, 0.717) is 22.8 Å². The number of halogens is 1. The summed E-state index contributed by atoms with van der Waals surface area (Å²) in [4.78, 5) is -0.786. The summed E-state index contributed by atoms with van der Waals surface area (Å²) in [5.41, 5.74) is 0.570. The van der Waals surface area contributed by atoms with E-state index in [4.69, 9.17) is 31.0 Å². The van der Waals surface area contributed by atoms with Crippen LogP contribution in [-0.2, 0) is 20.0 Å². The number of benzene rings is 2. The molecule has 0 saturated heterocycles. The molecule has 1 heterocycles. The van der Waals surface area contributed by atoms with Gasteiger partial charge < -0.3 is 19.5 Å². The van der Waals surface area contributed by atoms with E-state index in [1.807, 2.05) is 0 Å². The maximum absolute atomic E-state index is 12.8. The Labute approximate surface area is 173 Å². The van der Waals surface area contributed by atoms with E-state index in [9.17, 15) is 16.8 Å². The molecule has 3 rings (SSSR count). The first-order chi connectivity index (χ1) is 13.5. The fraction of sp³-hybridized carbons (Fsp3) is 0.250.